The third-order valence-electron chi connectivity index (χ3n) is 5.23. The van der Waals surface area contributed by atoms with Gasteiger partial charge >= 0.3 is 12.4 Å². The number of anilines is 1. The van der Waals surface area contributed by atoms with Gasteiger partial charge in [-0.3, -0.25) is 15.1 Å². The summed E-state index contributed by atoms with van der Waals surface area (Å²) in [7, 11) is 0. The maximum Gasteiger partial charge on any atom is 0.421 e. The number of rotatable bonds is 8. The van der Waals surface area contributed by atoms with Crippen LogP contribution in [-0.2, 0) is 20.6 Å². The second-order valence-corrected chi connectivity index (χ2v) is 8.06. The minimum absolute atomic E-state index is 0.0105. The van der Waals surface area contributed by atoms with E-state index in [2.05, 4.69) is 20.4 Å². The average Bonchev–Trinajstić information content (AvgIpc) is 2.87. The quantitative estimate of drug-likeness (QED) is 0.195. The van der Waals surface area contributed by atoms with E-state index < -0.39 is 53.0 Å². The Bertz CT molecular complexity index is 1170. The molecule has 1 aromatic rings. The molecule has 17 heteroatoms. The van der Waals surface area contributed by atoms with Crippen LogP contribution in [0, 0.1) is 0 Å². The molecule has 3 rings (SSSR count). The van der Waals surface area contributed by atoms with Crippen molar-refractivity contribution < 1.29 is 45.2 Å². The van der Waals surface area contributed by atoms with Gasteiger partial charge in [-0.2, -0.15) is 31.4 Å². The Kier molecular flexibility index (Phi) is 8.73. The van der Waals surface area contributed by atoms with Crippen molar-refractivity contribution in [1.29, 1.82) is 0 Å². The number of hydrogen-bond acceptors (Lipinski definition) is 9. The predicted molar refractivity (Wildman–Crippen MR) is 117 cm³/mol. The van der Waals surface area contributed by atoms with Gasteiger partial charge in [0, 0.05) is 31.5 Å². The highest BCUT2D eigenvalue weighted by molar-refractivity contribution is 5.84. The number of allylic oxidation sites excluding steroid dienone is 2. The summed E-state index contributed by atoms with van der Waals surface area (Å²) in [6, 6.07) is -0.843. The maximum atomic E-state index is 14.6. The number of hydrogen-bond donors (Lipinski definition) is 3. The lowest BCUT2D eigenvalue weighted by Gasteiger charge is -2.27. The number of hydrazone groups is 1. The molecule has 1 amide bonds. The van der Waals surface area contributed by atoms with Crippen molar-refractivity contribution in [2.24, 2.45) is 5.10 Å². The number of carbonyl (C=O) groups is 1. The Hall–Kier alpha value is -3.98. The Morgan fingerprint density at radius 2 is 1.89 bits per heavy atom. The van der Waals surface area contributed by atoms with E-state index >= 15 is 0 Å². The van der Waals surface area contributed by atoms with Crippen molar-refractivity contribution in [3.63, 3.8) is 0 Å². The van der Waals surface area contributed by atoms with Crippen molar-refractivity contribution >= 4 is 24.0 Å². The molecule has 10 nitrogen and oxygen atoms in total. The molecule has 0 fully saturated rings. The largest absolute Gasteiger partial charge is 0.421 e. The fourth-order valence-electron chi connectivity index (χ4n) is 3.39. The van der Waals surface area contributed by atoms with Gasteiger partial charge in [0.2, 0.25) is 12.1 Å². The smallest absolute Gasteiger partial charge is 0.378 e. The molecule has 0 radical (unpaired) electrons. The number of nitrogens with one attached hydrogen (secondary N) is 3. The summed E-state index contributed by atoms with van der Waals surface area (Å²) in [5.41, 5.74) is 0.116. The fraction of sp³-hybridized carbons (Fsp3) is 0.429. The highest BCUT2D eigenvalue weighted by Crippen LogP contribution is 2.32. The van der Waals surface area contributed by atoms with Gasteiger partial charge in [-0.25, -0.2) is 24.6 Å². The van der Waals surface area contributed by atoms with Gasteiger partial charge in [-0.05, 0) is 18.9 Å². The number of amides is 1. The first-order valence-electron chi connectivity index (χ1n) is 10.8. The molecule has 206 valence electrons. The second kappa shape index (κ2) is 11.6. The molecule has 0 aliphatic carbocycles. The molecule has 0 bridgehead atoms. The number of aromatic nitrogens is 2. The van der Waals surface area contributed by atoms with E-state index in [9.17, 15) is 40.3 Å². The van der Waals surface area contributed by atoms with Gasteiger partial charge in [0.15, 0.2) is 11.6 Å². The lowest BCUT2D eigenvalue weighted by atomic mass is 10.0. The number of nitrogens with zero attached hydrogens (tertiary/aromatic N) is 4. The van der Waals surface area contributed by atoms with E-state index in [4.69, 9.17) is 4.84 Å². The van der Waals surface area contributed by atoms with Crippen LogP contribution in [-0.4, -0.2) is 66.1 Å². The van der Waals surface area contributed by atoms with Crippen LogP contribution in [0.25, 0.3) is 0 Å². The van der Waals surface area contributed by atoms with Gasteiger partial charge in [-0.1, -0.05) is 6.08 Å². The van der Waals surface area contributed by atoms with Crippen LogP contribution in [0.15, 0.2) is 46.1 Å². The zero-order valence-electron chi connectivity index (χ0n) is 19.5. The van der Waals surface area contributed by atoms with Crippen LogP contribution in [0.5, 0.6) is 0 Å². The zero-order chi connectivity index (χ0) is 28.1. The monoisotopic (exact) mass is 551 g/mol. The zero-order valence-corrected chi connectivity index (χ0v) is 19.5. The Morgan fingerprint density at radius 3 is 2.45 bits per heavy atom. The van der Waals surface area contributed by atoms with Crippen LogP contribution in [0.4, 0.5) is 36.7 Å². The Morgan fingerprint density at radius 1 is 1.21 bits per heavy atom. The molecule has 3 N–H and O–H groups in total. The van der Waals surface area contributed by atoms with E-state index in [1.807, 2.05) is 10.9 Å². The summed E-state index contributed by atoms with van der Waals surface area (Å²) in [6.07, 6.45) is -8.08. The van der Waals surface area contributed by atoms with Crippen molar-refractivity contribution in [3.8, 4) is 0 Å². The van der Waals surface area contributed by atoms with Crippen LogP contribution in [0.2, 0.25) is 0 Å². The molecule has 0 aromatic carbocycles. The van der Waals surface area contributed by atoms with E-state index in [0.29, 0.717) is 12.4 Å². The van der Waals surface area contributed by atoms with Crippen LogP contribution < -0.4 is 21.1 Å². The van der Waals surface area contributed by atoms with E-state index in [0.717, 1.165) is 12.2 Å². The molecular weight excluding hydrogens is 531 g/mol. The number of hydroxylamine groups is 1. The molecule has 1 unspecified atom stereocenters. The van der Waals surface area contributed by atoms with Crippen LogP contribution in [0.1, 0.15) is 18.9 Å². The fourth-order valence-corrected chi connectivity index (χ4v) is 3.39. The standard InChI is InChI=1S/C21H20F7N7O3/c1-11(32-14-8-31-33-15(9-36)16(14)21(26,27)28)10-38-34-18(37)17(22)12-2-4-35(5-3-12)19-29-6-13(7-30-19)20(23,24)25/h2,6-8,11,17,32-33H,3-5,10H2,1H3,(H,34,37)/t11-,17?/m0/s1. The van der Waals surface area contributed by atoms with E-state index in [1.54, 1.807) is 0 Å². The van der Waals surface area contributed by atoms with Crippen molar-refractivity contribution in [1.82, 2.24) is 26.2 Å². The van der Waals surface area contributed by atoms with Crippen molar-refractivity contribution in [3.05, 3.63) is 46.6 Å². The first-order valence-corrected chi connectivity index (χ1v) is 10.8. The molecule has 2 aliphatic rings. The molecule has 0 saturated carbocycles. The first-order chi connectivity index (χ1) is 17.8. The van der Waals surface area contributed by atoms with Gasteiger partial charge in [0.25, 0.3) is 5.91 Å². The second-order valence-electron chi connectivity index (χ2n) is 8.06. The molecule has 2 aliphatic heterocycles. The van der Waals surface area contributed by atoms with Crippen LogP contribution in [0.3, 0.4) is 0 Å². The summed E-state index contributed by atoms with van der Waals surface area (Å²) in [5, 5.41) is 5.88. The number of halogens is 7. The normalized spacial score (nSPS) is 17.8. The van der Waals surface area contributed by atoms with Gasteiger partial charge in [-0.15, -0.1) is 0 Å². The summed E-state index contributed by atoms with van der Waals surface area (Å²) >= 11 is 0. The predicted octanol–water partition coefficient (Wildman–Crippen LogP) is 2.12. The Balaban J connectivity index is 1.50. The van der Waals surface area contributed by atoms with Crippen molar-refractivity contribution in [2.75, 3.05) is 24.6 Å². The van der Waals surface area contributed by atoms with E-state index in [-0.39, 0.29) is 37.6 Å². The lowest BCUT2D eigenvalue weighted by Crippen LogP contribution is -2.41. The molecule has 1 aromatic heterocycles. The molecule has 2 atom stereocenters. The SMILES string of the molecule is C[C@@H](CONC(=O)C(F)C1=CCN(c2ncc(C(F)(F)F)cn2)CC1)NC1=C(C(F)(F)F)C(=C=O)NN=C1. The topological polar surface area (TPSA) is 121 Å². The summed E-state index contributed by atoms with van der Waals surface area (Å²) in [4.78, 5) is 36.7. The molecular formula is C21H20F7N7O3. The highest BCUT2D eigenvalue weighted by Gasteiger charge is 2.41. The summed E-state index contributed by atoms with van der Waals surface area (Å²) < 4.78 is 92.4. The Labute approximate surface area is 210 Å². The number of alkyl halides is 7. The molecule has 0 saturated heterocycles. The third kappa shape index (κ3) is 7.07. The minimum atomic E-state index is -4.90. The number of carbonyl (C=O) groups excluding carboxylic acids is 2. The van der Waals surface area contributed by atoms with Gasteiger partial charge in [0.1, 0.15) is 5.57 Å². The van der Waals surface area contributed by atoms with Gasteiger partial charge in [0.05, 0.1) is 24.1 Å². The van der Waals surface area contributed by atoms with Gasteiger partial charge < -0.3 is 10.2 Å². The summed E-state index contributed by atoms with van der Waals surface area (Å²) in [6.45, 7) is 1.20. The third-order valence-corrected chi connectivity index (χ3v) is 5.23. The highest BCUT2D eigenvalue weighted by atomic mass is 19.4. The minimum Gasteiger partial charge on any atom is -0.378 e. The van der Waals surface area contributed by atoms with E-state index in [1.165, 1.54) is 17.9 Å². The molecule has 38 heavy (non-hydrogen) atoms. The summed E-state index contributed by atoms with van der Waals surface area (Å²) in [5.74, 6) is -0.0264. The van der Waals surface area contributed by atoms with Crippen LogP contribution >= 0.6 is 0 Å². The van der Waals surface area contributed by atoms with Crippen molar-refractivity contribution in [2.45, 2.75) is 37.9 Å². The molecule has 0 spiro atoms. The first kappa shape index (κ1) is 28.6. The average molecular weight is 551 g/mol. The molecule has 3 heterocycles. The lowest BCUT2D eigenvalue weighted by molar-refractivity contribution is -0.138. The maximum absolute atomic E-state index is 14.6.